The number of hydrogen-bond donors (Lipinski definition) is 1. The molecule has 118 valence electrons. The molecule has 0 aliphatic carbocycles. The van der Waals surface area contributed by atoms with Crippen molar-refractivity contribution in [1.29, 1.82) is 0 Å². The molecule has 1 aromatic carbocycles. The van der Waals surface area contributed by atoms with Crippen molar-refractivity contribution in [3.05, 3.63) is 23.1 Å². The number of aromatic nitrogens is 1. The summed E-state index contributed by atoms with van der Waals surface area (Å²) in [4.78, 5) is 18.2. The second-order valence-corrected chi connectivity index (χ2v) is 5.86. The third-order valence-electron chi connectivity index (χ3n) is 3.04. The number of carbonyl (C=O) groups is 1. The minimum Gasteiger partial charge on any atom is -0.493 e. The van der Waals surface area contributed by atoms with Crippen molar-refractivity contribution < 1.29 is 19.4 Å². The highest BCUT2D eigenvalue weighted by atomic mass is 32.1. The molecule has 0 fully saturated rings. The van der Waals surface area contributed by atoms with Gasteiger partial charge in [-0.2, -0.15) is 0 Å². The van der Waals surface area contributed by atoms with Crippen LogP contribution in [0.1, 0.15) is 4.88 Å². The van der Waals surface area contributed by atoms with E-state index in [-0.39, 0.29) is 6.42 Å². The summed E-state index contributed by atoms with van der Waals surface area (Å²) in [6.45, 7) is 0. The normalized spacial score (nSPS) is 10.4. The quantitative estimate of drug-likeness (QED) is 0.881. The lowest BCUT2D eigenvalue weighted by Crippen LogP contribution is -2.07. The number of benzene rings is 1. The maximum atomic E-state index is 11.1. The Morgan fingerprint density at radius 3 is 2.50 bits per heavy atom. The second-order valence-electron chi connectivity index (χ2n) is 4.80. The van der Waals surface area contributed by atoms with Crippen LogP contribution in [0.2, 0.25) is 0 Å². The Bertz CT molecular complexity index is 682. The highest BCUT2D eigenvalue weighted by Crippen LogP contribution is 2.37. The summed E-state index contributed by atoms with van der Waals surface area (Å²) in [6, 6.07) is 5.44. The lowest BCUT2D eigenvalue weighted by atomic mass is 10.1. The summed E-state index contributed by atoms with van der Waals surface area (Å²) < 4.78 is 10.5. The Hall–Kier alpha value is -2.28. The monoisotopic (exact) mass is 322 g/mol. The van der Waals surface area contributed by atoms with Crippen LogP contribution >= 0.6 is 11.3 Å². The van der Waals surface area contributed by atoms with Gasteiger partial charge in [0.05, 0.1) is 26.3 Å². The van der Waals surface area contributed by atoms with Crippen molar-refractivity contribution in [2.24, 2.45) is 0 Å². The minimum absolute atomic E-state index is 0.0603. The van der Waals surface area contributed by atoms with Crippen LogP contribution in [0.3, 0.4) is 0 Å². The molecule has 0 aliphatic rings. The predicted octanol–water partition coefficient (Wildman–Crippen LogP) is 2.52. The molecule has 2 rings (SSSR count). The Labute approximate surface area is 132 Å². The van der Waals surface area contributed by atoms with E-state index in [9.17, 15) is 4.79 Å². The van der Waals surface area contributed by atoms with Crippen molar-refractivity contribution in [3.8, 4) is 22.8 Å². The first kappa shape index (κ1) is 16.1. The smallest absolute Gasteiger partial charge is 0.308 e. The fourth-order valence-corrected chi connectivity index (χ4v) is 2.99. The molecule has 0 unspecified atom stereocenters. The number of rotatable bonds is 6. The largest absolute Gasteiger partial charge is 0.493 e. The Balaban J connectivity index is 2.52. The van der Waals surface area contributed by atoms with Gasteiger partial charge in [-0.3, -0.25) is 4.79 Å². The average Bonchev–Trinajstić information content (AvgIpc) is 2.89. The molecule has 0 aliphatic heterocycles. The third kappa shape index (κ3) is 3.30. The molecule has 22 heavy (non-hydrogen) atoms. The van der Waals surface area contributed by atoms with E-state index < -0.39 is 5.97 Å². The van der Waals surface area contributed by atoms with Gasteiger partial charge in [0.25, 0.3) is 0 Å². The Kier molecular flexibility index (Phi) is 4.87. The van der Waals surface area contributed by atoms with Crippen LogP contribution in [-0.2, 0) is 11.2 Å². The van der Waals surface area contributed by atoms with Gasteiger partial charge >= 0.3 is 5.97 Å². The molecule has 0 amide bonds. The van der Waals surface area contributed by atoms with E-state index in [4.69, 9.17) is 14.6 Å². The van der Waals surface area contributed by atoms with Gasteiger partial charge in [-0.15, -0.1) is 11.3 Å². The zero-order valence-corrected chi connectivity index (χ0v) is 13.7. The molecule has 1 aromatic heterocycles. The fourth-order valence-electron chi connectivity index (χ4n) is 2.00. The van der Waals surface area contributed by atoms with Gasteiger partial charge in [0.1, 0.15) is 0 Å². The van der Waals surface area contributed by atoms with Crippen LogP contribution in [0.15, 0.2) is 18.2 Å². The van der Waals surface area contributed by atoms with E-state index in [1.807, 2.05) is 25.1 Å². The van der Waals surface area contributed by atoms with Gasteiger partial charge in [-0.05, 0) is 18.2 Å². The molecule has 0 spiro atoms. The van der Waals surface area contributed by atoms with E-state index in [1.165, 1.54) is 11.3 Å². The molecule has 0 atom stereocenters. The molecule has 0 radical (unpaired) electrons. The molecule has 1 heterocycles. The van der Waals surface area contributed by atoms with E-state index >= 15 is 0 Å². The summed E-state index contributed by atoms with van der Waals surface area (Å²) in [6.07, 6.45) is -0.0603. The molecule has 6 nitrogen and oxygen atoms in total. The van der Waals surface area contributed by atoms with Crippen LogP contribution in [0.4, 0.5) is 5.13 Å². The van der Waals surface area contributed by atoms with Crippen LogP contribution in [0, 0.1) is 0 Å². The summed E-state index contributed by atoms with van der Waals surface area (Å²) in [5.74, 6) is 0.324. The van der Waals surface area contributed by atoms with Gasteiger partial charge in [-0.1, -0.05) is 0 Å². The second kappa shape index (κ2) is 6.65. The number of carboxylic acids is 1. The Morgan fingerprint density at radius 1 is 1.27 bits per heavy atom. The topological polar surface area (TPSA) is 71.9 Å². The summed E-state index contributed by atoms with van der Waals surface area (Å²) in [7, 11) is 6.88. The maximum Gasteiger partial charge on any atom is 0.308 e. The molecule has 1 N–H and O–H groups in total. The number of carboxylic acid groups (broad SMARTS) is 1. The molecule has 0 bridgehead atoms. The van der Waals surface area contributed by atoms with Gasteiger partial charge < -0.3 is 19.5 Å². The number of aliphatic carboxylic acids is 1. The SMILES string of the molecule is COc1ccc(-c2nc(N(C)C)sc2CC(=O)O)cc1OC. The van der Waals surface area contributed by atoms with Crippen molar-refractivity contribution in [3.63, 3.8) is 0 Å². The van der Waals surface area contributed by atoms with E-state index in [0.29, 0.717) is 22.1 Å². The molecule has 0 saturated carbocycles. The number of nitrogens with zero attached hydrogens (tertiary/aromatic N) is 2. The van der Waals surface area contributed by atoms with E-state index in [1.54, 1.807) is 26.4 Å². The zero-order valence-electron chi connectivity index (χ0n) is 12.9. The van der Waals surface area contributed by atoms with Gasteiger partial charge in [0.15, 0.2) is 16.6 Å². The van der Waals surface area contributed by atoms with Gasteiger partial charge in [-0.25, -0.2) is 4.98 Å². The molecule has 7 heteroatoms. The lowest BCUT2D eigenvalue weighted by Gasteiger charge is -2.09. The first-order chi connectivity index (χ1) is 10.5. The maximum absolute atomic E-state index is 11.1. The molecule has 0 saturated heterocycles. The van der Waals surface area contributed by atoms with Crippen molar-refractivity contribution >= 4 is 22.4 Å². The van der Waals surface area contributed by atoms with Crippen molar-refractivity contribution in [2.75, 3.05) is 33.2 Å². The Morgan fingerprint density at radius 2 is 1.95 bits per heavy atom. The third-order valence-corrected chi connectivity index (χ3v) is 4.26. The van der Waals surface area contributed by atoms with Crippen LogP contribution in [0.25, 0.3) is 11.3 Å². The number of hydrogen-bond acceptors (Lipinski definition) is 6. The fraction of sp³-hybridized carbons (Fsp3) is 0.333. The number of methoxy groups -OCH3 is 2. The molecular weight excluding hydrogens is 304 g/mol. The summed E-state index contributed by atoms with van der Waals surface area (Å²) >= 11 is 1.38. The summed E-state index contributed by atoms with van der Waals surface area (Å²) in [5.41, 5.74) is 1.47. The first-order valence-corrected chi connectivity index (χ1v) is 7.39. The minimum atomic E-state index is -0.879. The number of anilines is 1. The number of ether oxygens (including phenoxy) is 2. The van der Waals surface area contributed by atoms with E-state index in [0.717, 1.165) is 10.7 Å². The van der Waals surface area contributed by atoms with Crippen molar-refractivity contribution in [2.45, 2.75) is 6.42 Å². The highest BCUT2D eigenvalue weighted by Gasteiger charge is 2.18. The standard InChI is InChI=1S/C15H18N2O4S/c1-17(2)15-16-14(12(22-15)8-13(18)19)9-5-6-10(20-3)11(7-9)21-4/h5-7H,8H2,1-4H3,(H,18,19). The average molecular weight is 322 g/mol. The highest BCUT2D eigenvalue weighted by molar-refractivity contribution is 7.16. The predicted molar refractivity (Wildman–Crippen MR) is 86.3 cm³/mol. The van der Waals surface area contributed by atoms with Crippen LogP contribution in [0.5, 0.6) is 11.5 Å². The van der Waals surface area contributed by atoms with E-state index in [2.05, 4.69) is 4.98 Å². The van der Waals surface area contributed by atoms with Gasteiger partial charge in [0, 0.05) is 24.5 Å². The zero-order chi connectivity index (χ0) is 16.3. The molecule has 2 aromatic rings. The van der Waals surface area contributed by atoms with Gasteiger partial charge in [0.2, 0.25) is 0 Å². The van der Waals surface area contributed by atoms with Crippen LogP contribution in [-0.4, -0.2) is 44.4 Å². The summed E-state index contributed by atoms with van der Waals surface area (Å²) in [5, 5.41) is 9.85. The van der Waals surface area contributed by atoms with Crippen molar-refractivity contribution in [1.82, 2.24) is 4.98 Å². The lowest BCUT2D eigenvalue weighted by molar-refractivity contribution is -0.136. The van der Waals surface area contributed by atoms with Crippen LogP contribution < -0.4 is 14.4 Å². The first-order valence-electron chi connectivity index (χ1n) is 6.57. The number of thiazole rings is 1. The molecular formula is C15H18N2O4S.